The van der Waals surface area contributed by atoms with Crippen LogP contribution < -0.4 is 15.2 Å². The highest BCUT2D eigenvalue weighted by atomic mass is 79.9. The van der Waals surface area contributed by atoms with Gasteiger partial charge in [0.05, 0.1) is 19.3 Å². The van der Waals surface area contributed by atoms with E-state index in [0.29, 0.717) is 13.2 Å². The molecule has 3 rings (SSSR count). The highest BCUT2D eigenvalue weighted by Gasteiger charge is 2.21. The molecule has 1 aliphatic heterocycles. The third-order valence-corrected chi connectivity index (χ3v) is 4.30. The van der Waals surface area contributed by atoms with Gasteiger partial charge in [0.15, 0.2) is 11.5 Å². The predicted octanol–water partition coefficient (Wildman–Crippen LogP) is 3.87. The third-order valence-electron chi connectivity index (χ3n) is 3.62. The minimum absolute atomic E-state index is 0.269. The standard InChI is InChI=1S/C16H18BrNO3/c1-9-6-11(10(2)21-9)16(18)12-7-14-15(8-13(12)17)20-5-3-4-19-14/h6-8,16H,3-5,18H2,1-2H3. The van der Waals surface area contributed by atoms with Gasteiger partial charge in [0.1, 0.15) is 11.5 Å². The Kier molecular flexibility index (Phi) is 3.95. The molecule has 4 nitrogen and oxygen atoms in total. The van der Waals surface area contributed by atoms with Gasteiger partial charge in [0.2, 0.25) is 0 Å². The van der Waals surface area contributed by atoms with Crippen molar-refractivity contribution >= 4 is 15.9 Å². The Morgan fingerprint density at radius 2 is 1.71 bits per heavy atom. The largest absolute Gasteiger partial charge is 0.490 e. The molecule has 1 aromatic heterocycles. The molecule has 0 bridgehead atoms. The molecule has 21 heavy (non-hydrogen) atoms. The highest BCUT2D eigenvalue weighted by molar-refractivity contribution is 9.10. The lowest BCUT2D eigenvalue weighted by molar-refractivity contribution is 0.297. The Hall–Kier alpha value is -1.46. The molecular formula is C16H18BrNO3. The van der Waals surface area contributed by atoms with E-state index in [4.69, 9.17) is 19.6 Å². The lowest BCUT2D eigenvalue weighted by Gasteiger charge is -2.16. The van der Waals surface area contributed by atoms with E-state index in [1.807, 2.05) is 32.0 Å². The molecule has 0 saturated carbocycles. The molecule has 5 heteroatoms. The van der Waals surface area contributed by atoms with Gasteiger partial charge in [0.25, 0.3) is 0 Å². The van der Waals surface area contributed by atoms with Crippen LogP contribution in [0.15, 0.2) is 27.1 Å². The van der Waals surface area contributed by atoms with Crippen molar-refractivity contribution in [3.8, 4) is 11.5 Å². The van der Waals surface area contributed by atoms with Crippen molar-refractivity contribution in [2.24, 2.45) is 5.73 Å². The average Bonchev–Trinajstić information content (AvgIpc) is 2.64. The molecule has 1 unspecified atom stereocenters. The van der Waals surface area contributed by atoms with Gasteiger partial charge in [-0.15, -0.1) is 0 Å². The fraction of sp³-hybridized carbons (Fsp3) is 0.375. The van der Waals surface area contributed by atoms with Gasteiger partial charge in [0, 0.05) is 16.5 Å². The van der Waals surface area contributed by atoms with E-state index in [2.05, 4.69) is 15.9 Å². The van der Waals surface area contributed by atoms with Crippen LogP contribution in [0.5, 0.6) is 11.5 Å². The molecule has 0 spiro atoms. The molecule has 112 valence electrons. The molecule has 0 fully saturated rings. The second-order valence-corrected chi connectivity index (χ2v) is 6.07. The smallest absolute Gasteiger partial charge is 0.162 e. The molecule has 0 radical (unpaired) electrons. The quantitative estimate of drug-likeness (QED) is 0.892. The molecular weight excluding hydrogens is 334 g/mol. The number of aryl methyl sites for hydroxylation is 2. The second kappa shape index (κ2) is 5.73. The number of halogens is 1. The SMILES string of the molecule is Cc1cc(C(N)c2cc3c(cc2Br)OCCCO3)c(C)o1. The zero-order chi connectivity index (χ0) is 15.0. The first-order valence-corrected chi connectivity index (χ1v) is 7.77. The van der Waals surface area contributed by atoms with Crippen LogP contribution in [0.25, 0.3) is 0 Å². The van der Waals surface area contributed by atoms with Gasteiger partial charge in [-0.1, -0.05) is 15.9 Å². The molecule has 0 saturated heterocycles. The van der Waals surface area contributed by atoms with Crippen LogP contribution in [0.2, 0.25) is 0 Å². The summed E-state index contributed by atoms with van der Waals surface area (Å²) < 4.78 is 17.9. The van der Waals surface area contributed by atoms with E-state index >= 15 is 0 Å². The Bertz CT molecular complexity index is 666. The number of nitrogens with two attached hydrogens (primary N) is 1. The Balaban J connectivity index is 2.02. The average molecular weight is 352 g/mol. The minimum Gasteiger partial charge on any atom is -0.490 e. The van der Waals surface area contributed by atoms with E-state index in [1.54, 1.807) is 0 Å². The Morgan fingerprint density at radius 1 is 1.05 bits per heavy atom. The fourth-order valence-electron chi connectivity index (χ4n) is 2.56. The molecule has 1 aliphatic rings. The van der Waals surface area contributed by atoms with Crippen LogP contribution >= 0.6 is 15.9 Å². The first-order chi connectivity index (χ1) is 10.1. The lowest BCUT2D eigenvalue weighted by atomic mass is 9.99. The minimum atomic E-state index is -0.269. The monoisotopic (exact) mass is 351 g/mol. The number of fused-ring (bicyclic) bond motifs is 1. The summed E-state index contributed by atoms with van der Waals surface area (Å²) in [4.78, 5) is 0. The maximum absolute atomic E-state index is 6.42. The van der Waals surface area contributed by atoms with Crippen LogP contribution in [0, 0.1) is 13.8 Å². The van der Waals surface area contributed by atoms with Gasteiger partial charge in [-0.05, 0) is 37.6 Å². The summed E-state index contributed by atoms with van der Waals surface area (Å²) in [6.45, 7) is 5.18. The van der Waals surface area contributed by atoms with E-state index in [0.717, 1.165) is 45.0 Å². The van der Waals surface area contributed by atoms with Gasteiger partial charge < -0.3 is 19.6 Å². The van der Waals surface area contributed by atoms with Crippen LogP contribution in [0.3, 0.4) is 0 Å². The summed E-state index contributed by atoms with van der Waals surface area (Å²) in [6.07, 6.45) is 0.883. The predicted molar refractivity (Wildman–Crippen MR) is 84.0 cm³/mol. The van der Waals surface area contributed by atoms with Crippen molar-refractivity contribution in [1.29, 1.82) is 0 Å². The number of ether oxygens (including phenoxy) is 2. The lowest BCUT2D eigenvalue weighted by Crippen LogP contribution is -2.13. The first kappa shape index (κ1) is 14.5. The number of rotatable bonds is 2. The van der Waals surface area contributed by atoms with Gasteiger partial charge in [-0.3, -0.25) is 0 Å². The molecule has 2 N–H and O–H groups in total. The van der Waals surface area contributed by atoms with Crippen molar-refractivity contribution < 1.29 is 13.9 Å². The number of benzene rings is 1. The van der Waals surface area contributed by atoms with E-state index in [9.17, 15) is 0 Å². The second-order valence-electron chi connectivity index (χ2n) is 5.22. The summed E-state index contributed by atoms with van der Waals surface area (Å²) in [6, 6.07) is 5.60. The molecule has 1 atom stereocenters. The van der Waals surface area contributed by atoms with Crippen molar-refractivity contribution in [2.75, 3.05) is 13.2 Å². The highest BCUT2D eigenvalue weighted by Crippen LogP contribution is 2.39. The van der Waals surface area contributed by atoms with E-state index < -0.39 is 0 Å². The van der Waals surface area contributed by atoms with Crippen LogP contribution in [0.1, 0.15) is 35.1 Å². The van der Waals surface area contributed by atoms with Crippen molar-refractivity contribution in [1.82, 2.24) is 0 Å². The summed E-state index contributed by atoms with van der Waals surface area (Å²) in [5, 5.41) is 0. The molecule has 0 amide bonds. The van der Waals surface area contributed by atoms with E-state index in [1.165, 1.54) is 0 Å². The molecule has 0 aliphatic carbocycles. The van der Waals surface area contributed by atoms with Gasteiger partial charge in [-0.25, -0.2) is 0 Å². The Labute approximate surface area is 132 Å². The van der Waals surface area contributed by atoms with Crippen molar-refractivity contribution in [3.63, 3.8) is 0 Å². The summed E-state index contributed by atoms with van der Waals surface area (Å²) in [5.74, 6) is 3.22. The van der Waals surface area contributed by atoms with Crippen molar-refractivity contribution in [2.45, 2.75) is 26.3 Å². The van der Waals surface area contributed by atoms with E-state index in [-0.39, 0.29) is 6.04 Å². The molecule has 2 heterocycles. The van der Waals surface area contributed by atoms with Crippen LogP contribution in [-0.2, 0) is 0 Å². The normalized spacial score (nSPS) is 15.6. The van der Waals surface area contributed by atoms with Crippen LogP contribution in [-0.4, -0.2) is 13.2 Å². The fourth-order valence-corrected chi connectivity index (χ4v) is 3.13. The summed E-state index contributed by atoms with van der Waals surface area (Å²) in [7, 11) is 0. The van der Waals surface area contributed by atoms with Crippen molar-refractivity contribution in [3.05, 3.63) is 45.3 Å². The third kappa shape index (κ3) is 2.80. The molecule has 1 aromatic carbocycles. The first-order valence-electron chi connectivity index (χ1n) is 6.98. The van der Waals surface area contributed by atoms with Crippen LogP contribution in [0.4, 0.5) is 0 Å². The Morgan fingerprint density at radius 3 is 2.33 bits per heavy atom. The topological polar surface area (TPSA) is 57.6 Å². The number of furan rings is 1. The summed E-state index contributed by atoms with van der Waals surface area (Å²) >= 11 is 3.58. The van der Waals surface area contributed by atoms with Gasteiger partial charge in [-0.2, -0.15) is 0 Å². The summed E-state index contributed by atoms with van der Waals surface area (Å²) in [5.41, 5.74) is 8.37. The maximum atomic E-state index is 6.42. The zero-order valence-corrected chi connectivity index (χ0v) is 13.7. The number of hydrogen-bond donors (Lipinski definition) is 1. The zero-order valence-electron chi connectivity index (χ0n) is 12.1. The van der Waals surface area contributed by atoms with Gasteiger partial charge >= 0.3 is 0 Å². The molecule has 2 aromatic rings. The maximum Gasteiger partial charge on any atom is 0.162 e. The number of hydrogen-bond acceptors (Lipinski definition) is 4.